The molecule has 57 heavy (non-hydrogen) atoms. The fraction of sp³-hybridized carbons (Fsp3) is 0.706. The molecular formula is C51H86O6. The fourth-order valence-electron chi connectivity index (χ4n) is 6.25. The molecule has 0 aromatic rings. The Morgan fingerprint density at radius 1 is 0.368 bits per heavy atom. The lowest BCUT2D eigenvalue weighted by atomic mass is 10.0. The Balaban J connectivity index is 4.45. The number of carbonyl (C=O) groups excluding carboxylic acids is 3. The van der Waals surface area contributed by atoms with Crippen LogP contribution in [0.1, 0.15) is 213 Å². The summed E-state index contributed by atoms with van der Waals surface area (Å²) in [5.74, 6) is -0.947. The van der Waals surface area contributed by atoms with Gasteiger partial charge in [0.05, 0.1) is 0 Å². The van der Waals surface area contributed by atoms with E-state index in [1.54, 1.807) is 0 Å². The average Bonchev–Trinajstić information content (AvgIpc) is 3.21. The highest BCUT2D eigenvalue weighted by Gasteiger charge is 2.19. The van der Waals surface area contributed by atoms with Gasteiger partial charge in [0.2, 0.25) is 0 Å². The molecule has 0 amide bonds. The van der Waals surface area contributed by atoms with Crippen molar-refractivity contribution in [3.8, 4) is 0 Å². The molecule has 0 saturated carbocycles. The van der Waals surface area contributed by atoms with Gasteiger partial charge in [-0.05, 0) is 57.8 Å². The van der Waals surface area contributed by atoms with Crippen molar-refractivity contribution in [2.24, 2.45) is 0 Å². The summed E-state index contributed by atoms with van der Waals surface area (Å²) in [7, 11) is 0. The minimum Gasteiger partial charge on any atom is -0.462 e. The van der Waals surface area contributed by atoms with Crippen molar-refractivity contribution in [3.05, 3.63) is 72.9 Å². The van der Waals surface area contributed by atoms with Crippen LogP contribution in [0.3, 0.4) is 0 Å². The summed E-state index contributed by atoms with van der Waals surface area (Å²) in [5, 5.41) is 0. The Bertz CT molecular complexity index is 1100. The molecule has 0 rings (SSSR count). The third-order valence-electron chi connectivity index (χ3n) is 9.82. The molecule has 326 valence electrons. The van der Waals surface area contributed by atoms with Crippen LogP contribution in [0.2, 0.25) is 0 Å². The van der Waals surface area contributed by atoms with E-state index in [1.165, 1.54) is 77.0 Å². The normalized spacial score (nSPS) is 12.7. The van der Waals surface area contributed by atoms with Gasteiger partial charge >= 0.3 is 17.9 Å². The molecule has 0 aromatic heterocycles. The van der Waals surface area contributed by atoms with Crippen LogP contribution >= 0.6 is 0 Å². The van der Waals surface area contributed by atoms with Crippen LogP contribution in [0.5, 0.6) is 0 Å². The van der Waals surface area contributed by atoms with Crippen LogP contribution in [0.4, 0.5) is 0 Å². The molecule has 6 nitrogen and oxygen atoms in total. The molecule has 0 aliphatic heterocycles. The van der Waals surface area contributed by atoms with E-state index in [1.807, 2.05) is 18.2 Å². The lowest BCUT2D eigenvalue weighted by molar-refractivity contribution is -0.167. The molecule has 0 heterocycles. The van der Waals surface area contributed by atoms with Gasteiger partial charge in [0.15, 0.2) is 6.10 Å². The van der Waals surface area contributed by atoms with E-state index in [0.717, 1.165) is 96.3 Å². The summed E-state index contributed by atoms with van der Waals surface area (Å²) in [4.78, 5) is 37.8. The van der Waals surface area contributed by atoms with Gasteiger partial charge in [-0.1, -0.05) is 209 Å². The van der Waals surface area contributed by atoms with E-state index in [2.05, 4.69) is 75.5 Å². The van der Waals surface area contributed by atoms with Gasteiger partial charge in [-0.15, -0.1) is 0 Å². The predicted octanol–water partition coefficient (Wildman–Crippen LogP) is 15.1. The maximum atomic E-state index is 12.7. The van der Waals surface area contributed by atoms with Crippen LogP contribution in [0.15, 0.2) is 72.9 Å². The minimum absolute atomic E-state index is 0.0955. The van der Waals surface area contributed by atoms with E-state index < -0.39 is 6.10 Å². The molecule has 1 unspecified atom stereocenters. The quantitative estimate of drug-likeness (QED) is 0.0265. The summed E-state index contributed by atoms with van der Waals surface area (Å²) in [6.45, 7) is 6.39. The number of esters is 3. The molecule has 0 bridgehead atoms. The van der Waals surface area contributed by atoms with Gasteiger partial charge in [0, 0.05) is 19.3 Å². The van der Waals surface area contributed by atoms with Gasteiger partial charge < -0.3 is 14.2 Å². The maximum Gasteiger partial charge on any atom is 0.306 e. The van der Waals surface area contributed by atoms with Gasteiger partial charge in [-0.3, -0.25) is 14.4 Å². The van der Waals surface area contributed by atoms with E-state index in [4.69, 9.17) is 14.2 Å². The Hall–Kier alpha value is -3.15. The number of hydrogen-bond acceptors (Lipinski definition) is 6. The SMILES string of the molecule is CC\C=C/C=C\C=C/C=C\CCCCCCCC(=O)OCC(COC(=O)CCCCC/C=C\C=C/CCCC)OC(=O)CCCCCCCCCCCCCCC. The van der Waals surface area contributed by atoms with Crippen LogP contribution in [0, 0.1) is 0 Å². The van der Waals surface area contributed by atoms with Gasteiger partial charge in [0.1, 0.15) is 13.2 Å². The Labute approximate surface area is 351 Å². The lowest BCUT2D eigenvalue weighted by Crippen LogP contribution is -2.30. The monoisotopic (exact) mass is 795 g/mol. The highest BCUT2D eigenvalue weighted by molar-refractivity contribution is 5.71. The van der Waals surface area contributed by atoms with Gasteiger partial charge in [-0.2, -0.15) is 0 Å². The number of unbranched alkanes of at least 4 members (excludes halogenated alkanes) is 22. The topological polar surface area (TPSA) is 78.9 Å². The zero-order valence-electron chi connectivity index (χ0n) is 37.1. The number of allylic oxidation sites excluding steroid dienone is 12. The number of hydrogen-bond donors (Lipinski definition) is 0. The number of carbonyl (C=O) groups is 3. The highest BCUT2D eigenvalue weighted by atomic mass is 16.6. The van der Waals surface area contributed by atoms with Crippen molar-refractivity contribution < 1.29 is 28.6 Å². The Kier molecular flexibility index (Phi) is 43.0. The summed E-state index contributed by atoms with van der Waals surface area (Å²) < 4.78 is 16.7. The molecule has 0 saturated heterocycles. The largest absolute Gasteiger partial charge is 0.462 e. The van der Waals surface area contributed by atoms with Crippen molar-refractivity contribution in [1.82, 2.24) is 0 Å². The van der Waals surface area contributed by atoms with Gasteiger partial charge in [0.25, 0.3) is 0 Å². The summed E-state index contributed by atoms with van der Waals surface area (Å²) in [6, 6.07) is 0. The van der Waals surface area contributed by atoms with Crippen molar-refractivity contribution in [1.29, 1.82) is 0 Å². The van der Waals surface area contributed by atoms with E-state index in [-0.39, 0.29) is 31.1 Å². The van der Waals surface area contributed by atoms with Crippen molar-refractivity contribution in [2.45, 2.75) is 219 Å². The first kappa shape index (κ1) is 53.9. The van der Waals surface area contributed by atoms with E-state index in [0.29, 0.717) is 19.3 Å². The molecule has 6 heteroatoms. The number of ether oxygens (including phenoxy) is 3. The standard InChI is InChI=1S/C51H86O6/c1-4-7-10-13-16-19-22-24-25-27-29-32-35-38-41-44-50(53)56-47-48(46-55-49(52)43-40-37-34-31-28-21-18-15-12-9-6-3)57-51(54)45-42-39-36-33-30-26-23-20-17-14-11-8-5-2/h7,10,13,15-16,18-19,21-22,24-25,28,48H,4-6,8-9,11-12,14,17,20,23,26-27,29-47H2,1-3H3/b10-7-,16-13-,18-15-,22-19-,25-24-,28-21-. The third-order valence-corrected chi connectivity index (χ3v) is 9.82. The van der Waals surface area contributed by atoms with Crippen molar-refractivity contribution in [2.75, 3.05) is 13.2 Å². The van der Waals surface area contributed by atoms with E-state index in [9.17, 15) is 14.4 Å². The van der Waals surface area contributed by atoms with Crippen molar-refractivity contribution in [3.63, 3.8) is 0 Å². The fourth-order valence-corrected chi connectivity index (χ4v) is 6.25. The van der Waals surface area contributed by atoms with Crippen LogP contribution < -0.4 is 0 Å². The third kappa shape index (κ3) is 43.8. The molecule has 0 spiro atoms. The molecule has 1 atom stereocenters. The highest BCUT2D eigenvalue weighted by Crippen LogP contribution is 2.14. The zero-order valence-corrected chi connectivity index (χ0v) is 37.1. The van der Waals surface area contributed by atoms with Crippen LogP contribution in [-0.2, 0) is 28.6 Å². The van der Waals surface area contributed by atoms with E-state index >= 15 is 0 Å². The first-order valence-electron chi connectivity index (χ1n) is 23.5. The average molecular weight is 795 g/mol. The zero-order chi connectivity index (χ0) is 41.5. The molecular weight excluding hydrogens is 709 g/mol. The van der Waals surface area contributed by atoms with Gasteiger partial charge in [-0.25, -0.2) is 0 Å². The van der Waals surface area contributed by atoms with Crippen LogP contribution in [-0.4, -0.2) is 37.2 Å². The second-order valence-electron chi connectivity index (χ2n) is 15.4. The second-order valence-corrected chi connectivity index (χ2v) is 15.4. The molecule has 0 fully saturated rings. The lowest BCUT2D eigenvalue weighted by Gasteiger charge is -2.18. The summed E-state index contributed by atoms with van der Waals surface area (Å²) >= 11 is 0. The summed E-state index contributed by atoms with van der Waals surface area (Å²) in [5.41, 5.74) is 0. The molecule has 0 radical (unpaired) electrons. The first-order valence-corrected chi connectivity index (χ1v) is 23.5. The minimum atomic E-state index is -0.792. The number of rotatable bonds is 41. The predicted molar refractivity (Wildman–Crippen MR) is 242 cm³/mol. The summed E-state index contributed by atoms with van der Waals surface area (Å²) in [6.07, 6.45) is 55.9. The maximum absolute atomic E-state index is 12.7. The molecule has 0 N–H and O–H groups in total. The first-order chi connectivity index (χ1) is 28.0. The van der Waals surface area contributed by atoms with Crippen LogP contribution in [0.25, 0.3) is 0 Å². The smallest absolute Gasteiger partial charge is 0.306 e. The Morgan fingerprint density at radius 2 is 0.702 bits per heavy atom. The Morgan fingerprint density at radius 3 is 1.16 bits per heavy atom. The molecule has 0 aliphatic carbocycles. The molecule has 0 aliphatic rings. The second kappa shape index (κ2) is 45.6. The molecule has 0 aromatic carbocycles. The van der Waals surface area contributed by atoms with Crippen molar-refractivity contribution >= 4 is 17.9 Å².